The van der Waals surface area contributed by atoms with Crippen LogP contribution in [0.25, 0.3) is 32.8 Å². The standard InChI is InChI=1S/C26H23NO5S/c1-16-9-11-18(12-10-16)33(29,30)27-21-8-6-5-7-19(21)20-13-17-14-24(25(28)32-26(2,3)4)31-23(17)15-22(20)27/h5-15H,1-4H3. The van der Waals surface area contributed by atoms with Crippen LogP contribution in [0.3, 0.4) is 0 Å². The first-order valence-electron chi connectivity index (χ1n) is 10.6. The highest BCUT2D eigenvalue weighted by atomic mass is 32.2. The zero-order valence-electron chi connectivity index (χ0n) is 18.7. The molecule has 3 aromatic carbocycles. The highest BCUT2D eigenvalue weighted by molar-refractivity contribution is 7.90. The third kappa shape index (κ3) is 3.58. The average Bonchev–Trinajstić information content (AvgIpc) is 3.30. The van der Waals surface area contributed by atoms with Gasteiger partial charge < -0.3 is 9.15 Å². The molecule has 6 nitrogen and oxygen atoms in total. The van der Waals surface area contributed by atoms with Crippen molar-refractivity contribution < 1.29 is 22.4 Å². The number of aromatic nitrogens is 1. The Labute approximate surface area is 191 Å². The molecule has 5 rings (SSSR count). The molecule has 0 aliphatic rings. The van der Waals surface area contributed by atoms with Gasteiger partial charge in [-0.2, -0.15) is 0 Å². The molecule has 2 heterocycles. The van der Waals surface area contributed by atoms with Crippen molar-refractivity contribution in [1.82, 2.24) is 3.97 Å². The topological polar surface area (TPSA) is 78.5 Å². The second-order valence-electron chi connectivity index (χ2n) is 9.12. The summed E-state index contributed by atoms with van der Waals surface area (Å²) in [7, 11) is -3.88. The number of carbonyl (C=O) groups is 1. The van der Waals surface area contributed by atoms with Crippen LogP contribution in [-0.2, 0) is 14.8 Å². The molecule has 0 aliphatic heterocycles. The van der Waals surface area contributed by atoms with Gasteiger partial charge in [-0.1, -0.05) is 35.9 Å². The predicted octanol–water partition coefficient (Wildman–Crippen LogP) is 6.04. The summed E-state index contributed by atoms with van der Waals surface area (Å²) in [5.41, 5.74) is 1.78. The van der Waals surface area contributed by atoms with Crippen LogP contribution in [0.2, 0.25) is 0 Å². The Balaban J connectivity index is 1.77. The second-order valence-corrected chi connectivity index (χ2v) is 10.9. The average molecular weight is 462 g/mol. The minimum atomic E-state index is -3.88. The third-order valence-electron chi connectivity index (χ3n) is 5.43. The van der Waals surface area contributed by atoms with Crippen molar-refractivity contribution in [1.29, 1.82) is 0 Å². The highest BCUT2D eigenvalue weighted by Gasteiger charge is 2.25. The van der Waals surface area contributed by atoms with Crippen molar-refractivity contribution in [2.45, 2.75) is 38.2 Å². The minimum Gasteiger partial charge on any atom is -0.454 e. The maximum Gasteiger partial charge on any atom is 0.374 e. The molecule has 168 valence electrons. The smallest absolute Gasteiger partial charge is 0.374 e. The van der Waals surface area contributed by atoms with Crippen molar-refractivity contribution in [2.75, 3.05) is 0 Å². The van der Waals surface area contributed by atoms with Gasteiger partial charge in [0.2, 0.25) is 5.76 Å². The first kappa shape index (κ1) is 21.3. The van der Waals surface area contributed by atoms with E-state index < -0.39 is 21.6 Å². The van der Waals surface area contributed by atoms with Crippen molar-refractivity contribution in [3.63, 3.8) is 0 Å². The van der Waals surface area contributed by atoms with Gasteiger partial charge in [-0.05, 0) is 58.0 Å². The first-order valence-corrected chi connectivity index (χ1v) is 12.0. The molecule has 2 aromatic heterocycles. The molecule has 0 radical (unpaired) electrons. The van der Waals surface area contributed by atoms with Gasteiger partial charge in [0, 0.05) is 22.2 Å². The SMILES string of the molecule is Cc1ccc(S(=O)(=O)n2c3ccccc3c3cc4cc(C(=O)OC(C)(C)C)oc4cc32)cc1. The van der Waals surface area contributed by atoms with Crippen LogP contribution >= 0.6 is 0 Å². The lowest BCUT2D eigenvalue weighted by Crippen LogP contribution is -2.23. The molecule has 5 aromatic rings. The lowest BCUT2D eigenvalue weighted by molar-refractivity contribution is 0.00381. The number of hydrogen-bond donors (Lipinski definition) is 0. The van der Waals surface area contributed by atoms with E-state index in [4.69, 9.17) is 9.15 Å². The lowest BCUT2D eigenvalue weighted by atomic mass is 10.1. The Bertz CT molecular complexity index is 1650. The van der Waals surface area contributed by atoms with E-state index in [-0.39, 0.29) is 10.7 Å². The van der Waals surface area contributed by atoms with E-state index in [0.29, 0.717) is 22.0 Å². The lowest BCUT2D eigenvalue weighted by Gasteiger charge is -2.18. The normalized spacial score (nSPS) is 12.6. The van der Waals surface area contributed by atoms with Crippen LogP contribution in [0.5, 0.6) is 0 Å². The quantitative estimate of drug-likeness (QED) is 0.306. The van der Waals surface area contributed by atoms with Gasteiger partial charge >= 0.3 is 5.97 Å². The molecule has 0 bridgehead atoms. The molecule has 0 saturated carbocycles. The molecule has 0 amide bonds. The van der Waals surface area contributed by atoms with E-state index in [1.54, 1.807) is 63.2 Å². The van der Waals surface area contributed by atoms with Gasteiger partial charge in [0.25, 0.3) is 10.0 Å². The van der Waals surface area contributed by atoms with Crippen molar-refractivity contribution in [3.8, 4) is 0 Å². The summed E-state index contributed by atoms with van der Waals surface area (Å²) in [6.07, 6.45) is 0. The van der Waals surface area contributed by atoms with E-state index in [2.05, 4.69) is 0 Å². The molecular weight excluding hydrogens is 438 g/mol. The second kappa shape index (κ2) is 7.22. The summed E-state index contributed by atoms with van der Waals surface area (Å²) in [6, 6.07) is 19.3. The maximum absolute atomic E-state index is 13.7. The summed E-state index contributed by atoms with van der Waals surface area (Å²) < 4.78 is 39.9. The summed E-state index contributed by atoms with van der Waals surface area (Å²) in [6.45, 7) is 7.26. The van der Waals surface area contributed by atoms with Gasteiger partial charge in [0.05, 0.1) is 15.9 Å². The molecule has 0 aliphatic carbocycles. The third-order valence-corrected chi connectivity index (χ3v) is 7.17. The van der Waals surface area contributed by atoms with Crippen LogP contribution in [0.1, 0.15) is 36.9 Å². The van der Waals surface area contributed by atoms with E-state index in [1.807, 2.05) is 31.2 Å². The van der Waals surface area contributed by atoms with Crippen LogP contribution in [0.4, 0.5) is 0 Å². The number of esters is 1. The van der Waals surface area contributed by atoms with E-state index in [0.717, 1.165) is 16.3 Å². The van der Waals surface area contributed by atoms with E-state index >= 15 is 0 Å². The number of para-hydroxylation sites is 1. The number of benzene rings is 3. The molecule has 0 saturated heterocycles. The van der Waals surface area contributed by atoms with Crippen LogP contribution in [0.15, 0.2) is 76.0 Å². The van der Waals surface area contributed by atoms with Crippen molar-refractivity contribution in [2.24, 2.45) is 0 Å². The zero-order valence-corrected chi connectivity index (χ0v) is 19.6. The zero-order chi connectivity index (χ0) is 23.5. The largest absolute Gasteiger partial charge is 0.454 e. The van der Waals surface area contributed by atoms with Crippen molar-refractivity contribution >= 4 is 48.8 Å². The number of nitrogens with zero attached hydrogens (tertiary/aromatic N) is 1. The highest BCUT2D eigenvalue weighted by Crippen LogP contribution is 2.36. The Hall–Kier alpha value is -3.58. The Morgan fingerprint density at radius 1 is 0.909 bits per heavy atom. The van der Waals surface area contributed by atoms with E-state index in [1.165, 1.54) is 3.97 Å². The van der Waals surface area contributed by atoms with Crippen LogP contribution < -0.4 is 0 Å². The van der Waals surface area contributed by atoms with Gasteiger partial charge in [-0.15, -0.1) is 0 Å². The summed E-state index contributed by atoms with van der Waals surface area (Å²) in [5, 5.41) is 2.24. The number of ether oxygens (including phenoxy) is 1. The number of carbonyl (C=O) groups excluding carboxylic acids is 1. The fourth-order valence-corrected chi connectivity index (χ4v) is 5.49. The number of furan rings is 1. The molecule has 0 spiro atoms. The predicted molar refractivity (Wildman–Crippen MR) is 128 cm³/mol. The molecule has 0 unspecified atom stereocenters. The summed E-state index contributed by atoms with van der Waals surface area (Å²) in [5.74, 6) is -0.492. The van der Waals surface area contributed by atoms with Crippen LogP contribution in [0, 0.1) is 6.92 Å². The van der Waals surface area contributed by atoms with Crippen molar-refractivity contribution in [3.05, 3.63) is 78.1 Å². The molecule has 7 heteroatoms. The minimum absolute atomic E-state index is 0.0739. The Morgan fingerprint density at radius 2 is 1.61 bits per heavy atom. The first-order chi connectivity index (χ1) is 15.5. The molecule has 33 heavy (non-hydrogen) atoms. The number of rotatable bonds is 3. The molecular formula is C26H23NO5S. The van der Waals surface area contributed by atoms with Gasteiger partial charge in [-0.25, -0.2) is 17.2 Å². The molecule has 0 atom stereocenters. The summed E-state index contributed by atoms with van der Waals surface area (Å²) >= 11 is 0. The van der Waals surface area contributed by atoms with E-state index in [9.17, 15) is 13.2 Å². The maximum atomic E-state index is 13.7. The van der Waals surface area contributed by atoms with Gasteiger partial charge in [0.15, 0.2) is 0 Å². The van der Waals surface area contributed by atoms with Gasteiger partial charge in [0.1, 0.15) is 11.2 Å². The summed E-state index contributed by atoms with van der Waals surface area (Å²) in [4.78, 5) is 12.7. The number of hydrogen-bond acceptors (Lipinski definition) is 5. The Morgan fingerprint density at radius 3 is 2.30 bits per heavy atom. The van der Waals surface area contributed by atoms with Crippen LogP contribution in [-0.4, -0.2) is 24.0 Å². The fourth-order valence-electron chi connectivity index (χ4n) is 3.97. The number of fused-ring (bicyclic) bond motifs is 4. The molecule has 0 fully saturated rings. The Kier molecular flexibility index (Phi) is 4.65. The molecule has 0 N–H and O–H groups in total. The number of aryl methyl sites for hydroxylation is 1. The monoisotopic (exact) mass is 461 g/mol. The van der Waals surface area contributed by atoms with Gasteiger partial charge in [-0.3, -0.25) is 0 Å². The fraction of sp³-hybridized carbons (Fsp3) is 0.192.